The van der Waals surface area contributed by atoms with E-state index in [-0.39, 0.29) is 10.9 Å². The zero-order valence-electron chi connectivity index (χ0n) is 6.33. The number of halogens is 5. The van der Waals surface area contributed by atoms with Gasteiger partial charge in [0.1, 0.15) is 0 Å². The summed E-state index contributed by atoms with van der Waals surface area (Å²) >= 11 is 2.97. The highest BCUT2D eigenvalue weighted by Gasteiger charge is 2.17. The van der Waals surface area contributed by atoms with E-state index in [1.54, 1.807) is 0 Å². The maximum atomic E-state index is 12.7. The lowest BCUT2D eigenvalue weighted by atomic mass is 10.1. The fraction of sp³-hybridized carbons (Fsp3) is 0.250. The lowest BCUT2D eigenvalue weighted by Gasteiger charge is -2.04. The molecule has 0 saturated carbocycles. The molecule has 1 rings (SSSR count). The Bertz CT molecular complexity index is 311. The molecule has 0 aliphatic heterocycles. The van der Waals surface area contributed by atoms with Crippen LogP contribution < -0.4 is 0 Å². The van der Waals surface area contributed by atoms with Crippen LogP contribution in [0.4, 0.5) is 17.6 Å². The van der Waals surface area contributed by atoms with Crippen LogP contribution in [0.2, 0.25) is 0 Å². The van der Waals surface area contributed by atoms with Crippen molar-refractivity contribution < 1.29 is 17.6 Å². The average Bonchev–Trinajstić information content (AvgIpc) is 2.09. The first kappa shape index (κ1) is 10.5. The molecular weight excluding hydrogens is 252 g/mol. The van der Waals surface area contributed by atoms with Gasteiger partial charge in [-0.2, -0.15) is 0 Å². The molecule has 1 aromatic rings. The Kier molecular flexibility index (Phi) is 3.30. The van der Waals surface area contributed by atoms with E-state index in [4.69, 9.17) is 0 Å². The van der Waals surface area contributed by atoms with Gasteiger partial charge in [0.05, 0.1) is 5.56 Å². The van der Waals surface area contributed by atoms with E-state index in [0.717, 1.165) is 12.1 Å². The van der Waals surface area contributed by atoms with E-state index in [9.17, 15) is 17.6 Å². The van der Waals surface area contributed by atoms with Crippen molar-refractivity contribution in [2.45, 2.75) is 11.8 Å². The van der Waals surface area contributed by atoms with Gasteiger partial charge in [-0.25, -0.2) is 17.6 Å². The Morgan fingerprint density at radius 3 is 2.31 bits per heavy atom. The zero-order valence-corrected chi connectivity index (χ0v) is 7.91. The third-order valence-electron chi connectivity index (χ3n) is 1.51. The van der Waals surface area contributed by atoms with E-state index in [1.807, 2.05) is 0 Å². The third kappa shape index (κ3) is 2.21. The van der Waals surface area contributed by atoms with Gasteiger partial charge in [0, 0.05) is 5.33 Å². The fourth-order valence-corrected chi connectivity index (χ4v) is 1.23. The van der Waals surface area contributed by atoms with Crippen LogP contribution in [0, 0.1) is 11.6 Å². The molecule has 0 aliphatic rings. The summed E-state index contributed by atoms with van der Waals surface area (Å²) in [5.41, 5.74) is -0.608. The number of hydrogen-bond donors (Lipinski definition) is 0. The van der Waals surface area contributed by atoms with Gasteiger partial charge in [-0.1, -0.05) is 15.9 Å². The Morgan fingerprint density at radius 2 is 1.85 bits per heavy atom. The molecule has 0 saturated heterocycles. The lowest BCUT2D eigenvalue weighted by Crippen LogP contribution is -1.97. The zero-order chi connectivity index (χ0) is 10.0. The number of alkyl halides is 3. The molecule has 0 heterocycles. The SMILES string of the molecule is Fc1cc(CBr)cc(C(F)F)c1F. The fourth-order valence-electron chi connectivity index (χ4n) is 0.905. The molecule has 5 heteroatoms. The Labute approximate surface area is 80.7 Å². The summed E-state index contributed by atoms with van der Waals surface area (Å²) in [5, 5.41) is 0.212. The minimum Gasteiger partial charge on any atom is -0.205 e. The summed E-state index contributed by atoms with van der Waals surface area (Å²) in [6, 6.07) is 1.83. The van der Waals surface area contributed by atoms with Crippen molar-refractivity contribution in [2.75, 3.05) is 0 Å². The first-order valence-corrected chi connectivity index (χ1v) is 4.50. The second kappa shape index (κ2) is 4.09. The molecule has 0 aromatic heterocycles. The van der Waals surface area contributed by atoms with Gasteiger partial charge in [0.2, 0.25) is 0 Å². The predicted octanol–water partition coefficient (Wildman–Crippen LogP) is 3.80. The van der Waals surface area contributed by atoms with Crippen LogP contribution in [0.1, 0.15) is 17.6 Å². The number of rotatable bonds is 2. The highest BCUT2D eigenvalue weighted by molar-refractivity contribution is 9.08. The summed E-state index contributed by atoms with van der Waals surface area (Å²) in [7, 11) is 0. The minimum absolute atomic E-state index is 0.212. The minimum atomic E-state index is -2.99. The first-order valence-electron chi connectivity index (χ1n) is 3.38. The molecule has 0 fully saturated rings. The van der Waals surface area contributed by atoms with E-state index in [1.165, 1.54) is 0 Å². The molecule has 0 unspecified atom stereocenters. The normalized spacial score (nSPS) is 10.9. The molecule has 0 spiro atoms. The maximum Gasteiger partial charge on any atom is 0.266 e. The molecule has 13 heavy (non-hydrogen) atoms. The predicted molar refractivity (Wildman–Crippen MR) is 43.9 cm³/mol. The molecule has 72 valence electrons. The molecule has 0 bridgehead atoms. The molecule has 1 aromatic carbocycles. The van der Waals surface area contributed by atoms with E-state index in [2.05, 4.69) is 15.9 Å². The van der Waals surface area contributed by atoms with Crippen LogP contribution in [-0.4, -0.2) is 0 Å². The Hall–Kier alpha value is -0.580. The van der Waals surface area contributed by atoms with Gasteiger partial charge >= 0.3 is 0 Å². The largest absolute Gasteiger partial charge is 0.266 e. The Balaban J connectivity index is 3.25. The first-order chi connectivity index (χ1) is 6.06. The van der Waals surface area contributed by atoms with E-state index < -0.39 is 23.6 Å². The van der Waals surface area contributed by atoms with E-state index in [0.29, 0.717) is 0 Å². The van der Waals surface area contributed by atoms with Crippen LogP contribution >= 0.6 is 15.9 Å². The second-order valence-electron chi connectivity index (χ2n) is 2.42. The Morgan fingerprint density at radius 1 is 1.23 bits per heavy atom. The summed E-state index contributed by atoms with van der Waals surface area (Å²) in [6.45, 7) is 0. The van der Waals surface area contributed by atoms with Crippen molar-refractivity contribution in [1.82, 2.24) is 0 Å². The number of benzene rings is 1. The highest BCUT2D eigenvalue weighted by atomic mass is 79.9. The quantitative estimate of drug-likeness (QED) is 0.558. The van der Waals surface area contributed by atoms with Crippen molar-refractivity contribution >= 4 is 15.9 Å². The topological polar surface area (TPSA) is 0 Å². The van der Waals surface area contributed by atoms with Crippen molar-refractivity contribution in [3.63, 3.8) is 0 Å². The molecule has 0 amide bonds. The van der Waals surface area contributed by atoms with Gasteiger partial charge in [0.25, 0.3) is 6.43 Å². The molecule has 0 radical (unpaired) electrons. The molecule has 0 atom stereocenters. The standard InChI is InChI=1S/C8H5BrF4/c9-3-4-1-5(8(12)13)7(11)6(10)2-4/h1-2,8H,3H2. The van der Waals surface area contributed by atoms with Crippen molar-refractivity contribution in [1.29, 1.82) is 0 Å². The monoisotopic (exact) mass is 256 g/mol. The summed E-state index contributed by atoms with van der Waals surface area (Å²) in [4.78, 5) is 0. The molecule has 0 aliphatic carbocycles. The van der Waals surface area contributed by atoms with Crippen LogP contribution in [0.15, 0.2) is 12.1 Å². The van der Waals surface area contributed by atoms with Crippen LogP contribution in [-0.2, 0) is 5.33 Å². The van der Waals surface area contributed by atoms with Crippen molar-refractivity contribution in [3.05, 3.63) is 34.9 Å². The number of hydrogen-bond acceptors (Lipinski definition) is 0. The van der Waals surface area contributed by atoms with Gasteiger partial charge in [-0.05, 0) is 17.7 Å². The molecule has 0 nitrogen and oxygen atoms in total. The van der Waals surface area contributed by atoms with Gasteiger partial charge < -0.3 is 0 Å². The molecular formula is C8H5BrF4. The highest BCUT2D eigenvalue weighted by Crippen LogP contribution is 2.25. The van der Waals surface area contributed by atoms with Gasteiger partial charge in [-0.3, -0.25) is 0 Å². The summed E-state index contributed by atoms with van der Waals surface area (Å²) < 4.78 is 49.6. The smallest absolute Gasteiger partial charge is 0.205 e. The summed E-state index contributed by atoms with van der Waals surface area (Å²) in [5.74, 6) is -2.72. The van der Waals surface area contributed by atoms with Crippen LogP contribution in [0.5, 0.6) is 0 Å². The van der Waals surface area contributed by atoms with Gasteiger partial charge in [-0.15, -0.1) is 0 Å². The maximum absolute atomic E-state index is 12.7. The average molecular weight is 257 g/mol. The van der Waals surface area contributed by atoms with Crippen molar-refractivity contribution in [2.24, 2.45) is 0 Å². The third-order valence-corrected chi connectivity index (χ3v) is 2.15. The van der Waals surface area contributed by atoms with Crippen LogP contribution in [0.25, 0.3) is 0 Å². The molecule has 0 N–H and O–H groups in total. The summed E-state index contributed by atoms with van der Waals surface area (Å²) in [6.07, 6.45) is -2.99. The van der Waals surface area contributed by atoms with Gasteiger partial charge in [0.15, 0.2) is 11.6 Å². The second-order valence-corrected chi connectivity index (χ2v) is 2.98. The van der Waals surface area contributed by atoms with E-state index >= 15 is 0 Å². The lowest BCUT2D eigenvalue weighted by molar-refractivity contribution is 0.145. The van der Waals surface area contributed by atoms with Crippen molar-refractivity contribution in [3.8, 4) is 0 Å². The van der Waals surface area contributed by atoms with Crippen LogP contribution in [0.3, 0.4) is 0 Å².